The van der Waals surface area contributed by atoms with Gasteiger partial charge in [-0.3, -0.25) is 9.69 Å². The van der Waals surface area contributed by atoms with E-state index in [-0.39, 0.29) is 11.7 Å². The fourth-order valence-corrected chi connectivity index (χ4v) is 3.09. The number of halogens is 1. The van der Waals surface area contributed by atoms with Crippen LogP contribution >= 0.6 is 0 Å². The fourth-order valence-electron chi connectivity index (χ4n) is 3.09. The maximum Gasteiger partial charge on any atom is 0.227 e. The van der Waals surface area contributed by atoms with Gasteiger partial charge in [-0.2, -0.15) is 0 Å². The maximum atomic E-state index is 13.8. The van der Waals surface area contributed by atoms with Crippen LogP contribution in [-0.2, 0) is 17.8 Å². The Kier molecular flexibility index (Phi) is 5.66. The number of carbonyl (C=O) groups is 1. The minimum atomic E-state index is -0.168. The third-order valence-electron chi connectivity index (χ3n) is 4.57. The van der Waals surface area contributed by atoms with Crippen molar-refractivity contribution >= 4 is 5.91 Å². The lowest BCUT2D eigenvalue weighted by molar-refractivity contribution is -0.132. The van der Waals surface area contributed by atoms with Crippen molar-refractivity contribution in [3.05, 3.63) is 65.5 Å². The second-order valence-electron chi connectivity index (χ2n) is 6.28. The summed E-state index contributed by atoms with van der Waals surface area (Å²) in [7, 11) is 1.62. The Hall–Kier alpha value is -2.40. The van der Waals surface area contributed by atoms with E-state index in [1.807, 2.05) is 41.3 Å². The lowest BCUT2D eigenvalue weighted by Crippen LogP contribution is -2.48. The SMILES string of the molecule is COc1cccc(CC(=O)N2CCN(Cc3ccccc3F)CC2)c1. The molecule has 25 heavy (non-hydrogen) atoms. The largest absolute Gasteiger partial charge is 0.497 e. The van der Waals surface area contributed by atoms with Crippen LogP contribution in [0, 0.1) is 5.82 Å². The summed E-state index contributed by atoms with van der Waals surface area (Å²) in [5.74, 6) is 0.720. The van der Waals surface area contributed by atoms with E-state index in [1.54, 1.807) is 13.2 Å². The number of benzene rings is 2. The lowest BCUT2D eigenvalue weighted by Gasteiger charge is -2.35. The molecule has 1 heterocycles. The predicted octanol–water partition coefficient (Wildman–Crippen LogP) is 2.72. The van der Waals surface area contributed by atoms with E-state index in [9.17, 15) is 9.18 Å². The molecule has 5 heteroatoms. The molecule has 1 saturated heterocycles. The summed E-state index contributed by atoms with van der Waals surface area (Å²) in [6.45, 7) is 3.47. The minimum absolute atomic E-state index is 0.124. The average molecular weight is 342 g/mol. The van der Waals surface area contributed by atoms with Crippen LogP contribution in [0.1, 0.15) is 11.1 Å². The summed E-state index contributed by atoms with van der Waals surface area (Å²) in [5, 5.41) is 0. The van der Waals surface area contributed by atoms with Crippen molar-refractivity contribution in [1.82, 2.24) is 9.80 Å². The monoisotopic (exact) mass is 342 g/mol. The van der Waals surface area contributed by atoms with Gasteiger partial charge in [0, 0.05) is 38.3 Å². The van der Waals surface area contributed by atoms with Crippen LogP contribution in [0.4, 0.5) is 4.39 Å². The first-order valence-corrected chi connectivity index (χ1v) is 8.52. The predicted molar refractivity (Wildman–Crippen MR) is 95.0 cm³/mol. The number of hydrogen-bond donors (Lipinski definition) is 0. The van der Waals surface area contributed by atoms with E-state index in [0.29, 0.717) is 31.6 Å². The Labute approximate surface area is 147 Å². The molecule has 0 spiro atoms. The van der Waals surface area contributed by atoms with Gasteiger partial charge < -0.3 is 9.64 Å². The molecule has 0 atom stereocenters. The zero-order valence-corrected chi connectivity index (χ0v) is 14.5. The highest BCUT2D eigenvalue weighted by Gasteiger charge is 2.21. The Balaban J connectivity index is 1.51. The lowest BCUT2D eigenvalue weighted by atomic mass is 10.1. The smallest absolute Gasteiger partial charge is 0.227 e. The molecule has 4 nitrogen and oxygen atoms in total. The normalized spacial score (nSPS) is 15.2. The Morgan fingerprint density at radius 2 is 1.84 bits per heavy atom. The standard InChI is InChI=1S/C20H23FN2O2/c1-25-18-7-4-5-16(13-18)14-20(24)23-11-9-22(10-12-23)15-17-6-2-3-8-19(17)21/h2-8,13H,9-12,14-15H2,1H3. The van der Waals surface area contributed by atoms with Crippen molar-refractivity contribution in [2.24, 2.45) is 0 Å². The molecular weight excluding hydrogens is 319 g/mol. The molecule has 0 unspecified atom stereocenters. The Morgan fingerprint density at radius 1 is 1.08 bits per heavy atom. The summed E-state index contributed by atoms with van der Waals surface area (Å²) in [4.78, 5) is 16.6. The molecule has 0 aromatic heterocycles. The van der Waals surface area contributed by atoms with Gasteiger partial charge in [0.25, 0.3) is 0 Å². The second kappa shape index (κ2) is 8.12. The minimum Gasteiger partial charge on any atom is -0.497 e. The average Bonchev–Trinajstić information content (AvgIpc) is 2.64. The summed E-state index contributed by atoms with van der Waals surface area (Å²) >= 11 is 0. The highest BCUT2D eigenvalue weighted by Crippen LogP contribution is 2.15. The first-order valence-electron chi connectivity index (χ1n) is 8.52. The van der Waals surface area contributed by atoms with Crippen molar-refractivity contribution < 1.29 is 13.9 Å². The molecule has 0 radical (unpaired) electrons. The first kappa shape index (κ1) is 17.4. The number of nitrogens with zero attached hydrogens (tertiary/aromatic N) is 2. The fraction of sp³-hybridized carbons (Fsp3) is 0.350. The summed E-state index contributed by atoms with van der Waals surface area (Å²) in [6, 6.07) is 14.5. The van der Waals surface area contributed by atoms with E-state index in [4.69, 9.17) is 4.74 Å². The van der Waals surface area contributed by atoms with E-state index in [1.165, 1.54) is 6.07 Å². The molecule has 0 saturated carbocycles. The van der Waals surface area contributed by atoms with E-state index >= 15 is 0 Å². The van der Waals surface area contributed by atoms with Crippen LogP contribution in [0.2, 0.25) is 0 Å². The quantitative estimate of drug-likeness (QED) is 0.838. The molecular formula is C20H23FN2O2. The maximum absolute atomic E-state index is 13.8. The van der Waals surface area contributed by atoms with Gasteiger partial charge in [0.05, 0.1) is 13.5 Å². The number of rotatable bonds is 5. The molecule has 3 rings (SSSR count). The molecule has 1 aliphatic rings. The highest BCUT2D eigenvalue weighted by molar-refractivity contribution is 5.79. The molecule has 1 amide bonds. The second-order valence-corrected chi connectivity index (χ2v) is 6.28. The van der Waals surface area contributed by atoms with Crippen LogP contribution < -0.4 is 4.74 Å². The van der Waals surface area contributed by atoms with Gasteiger partial charge >= 0.3 is 0 Å². The third kappa shape index (κ3) is 4.57. The van der Waals surface area contributed by atoms with E-state index in [0.717, 1.165) is 24.4 Å². The van der Waals surface area contributed by atoms with Gasteiger partial charge in [-0.15, -0.1) is 0 Å². The highest BCUT2D eigenvalue weighted by atomic mass is 19.1. The van der Waals surface area contributed by atoms with Crippen molar-refractivity contribution in [3.8, 4) is 5.75 Å². The van der Waals surface area contributed by atoms with Gasteiger partial charge in [0.2, 0.25) is 5.91 Å². The van der Waals surface area contributed by atoms with E-state index < -0.39 is 0 Å². The summed E-state index contributed by atoms with van der Waals surface area (Å²) < 4.78 is 19.0. The number of ether oxygens (including phenoxy) is 1. The molecule has 2 aromatic rings. The van der Waals surface area contributed by atoms with Crippen molar-refractivity contribution in [1.29, 1.82) is 0 Å². The Morgan fingerprint density at radius 3 is 2.56 bits per heavy atom. The molecule has 0 aliphatic carbocycles. The zero-order chi connectivity index (χ0) is 17.6. The molecule has 0 N–H and O–H groups in total. The number of hydrogen-bond acceptors (Lipinski definition) is 3. The summed E-state index contributed by atoms with van der Waals surface area (Å²) in [5.41, 5.74) is 1.66. The van der Waals surface area contributed by atoms with Gasteiger partial charge in [-0.05, 0) is 23.8 Å². The molecule has 1 fully saturated rings. The molecule has 132 valence electrons. The Bertz CT molecular complexity index is 727. The number of amides is 1. The van der Waals surface area contributed by atoms with Crippen LogP contribution in [0.25, 0.3) is 0 Å². The van der Waals surface area contributed by atoms with Crippen LogP contribution in [0.15, 0.2) is 48.5 Å². The van der Waals surface area contributed by atoms with Crippen molar-refractivity contribution in [2.45, 2.75) is 13.0 Å². The van der Waals surface area contributed by atoms with Gasteiger partial charge in [0.1, 0.15) is 11.6 Å². The van der Waals surface area contributed by atoms with Crippen LogP contribution in [-0.4, -0.2) is 49.0 Å². The molecule has 1 aliphatic heterocycles. The summed E-state index contributed by atoms with van der Waals surface area (Å²) in [6.07, 6.45) is 0.379. The third-order valence-corrected chi connectivity index (χ3v) is 4.57. The first-order chi connectivity index (χ1) is 12.2. The van der Waals surface area contributed by atoms with Gasteiger partial charge in [-0.1, -0.05) is 30.3 Å². The number of piperazine rings is 1. The van der Waals surface area contributed by atoms with Crippen molar-refractivity contribution in [3.63, 3.8) is 0 Å². The topological polar surface area (TPSA) is 32.8 Å². The molecule has 2 aromatic carbocycles. The molecule has 0 bridgehead atoms. The number of methoxy groups -OCH3 is 1. The van der Waals surface area contributed by atoms with Gasteiger partial charge in [-0.25, -0.2) is 4.39 Å². The zero-order valence-electron chi connectivity index (χ0n) is 14.5. The van der Waals surface area contributed by atoms with E-state index in [2.05, 4.69) is 4.90 Å². The van der Waals surface area contributed by atoms with Crippen molar-refractivity contribution in [2.75, 3.05) is 33.3 Å². The van der Waals surface area contributed by atoms with Crippen LogP contribution in [0.3, 0.4) is 0 Å². The van der Waals surface area contributed by atoms with Crippen LogP contribution in [0.5, 0.6) is 5.75 Å². The number of carbonyl (C=O) groups excluding carboxylic acids is 1. The van der Waals surface area contributed by atoms with Gasteiger partial charge in [0.15, 0.2) is 0 Å².